The molecule has 41 heavy (non-hydrogen) atoms. The summed E-state index contributed by atoms with van der Waals surface area (Å²) in [6.45, 7) is 2.08. The van der Waals surface area contributed by atoms with Crippen LogP contribution in [0.2, 0.25) is 10.0 Å². The molecular weight excluding hydrogens is 589 g/mol. The molecule has 4 rings (SSSR count). The van der Waals surface area contributed by atoms with Crippen LogP contribution in [0.25, 0.3) is 0 Å². The van der Waals surface area contributed by atoms with Crippen molar-refractivity contribution in [1.29, 1.82) is 0 Å². The summed E-state index contributed by atoms with van der Waals surface area (Å²) in [5.74, 6) is -0.726. The molecule has 0 fully saturated rings. The van der Waals surface area contributed by atoms with Gasteiger partial charge in [0, 0.05) is 16.3 Å². The summed E-state index contributed by atoms with van der Waals surface area (Å²) >= 11 is 12.0. The van der Waals surface area contributed by atoms with Gasteiger partial charge in [0.1, 0.15) is 0 Å². The van der Waals surface area contributed by atoms with Gasteiger partial charge in [-0.25, -0.2) is 18.6 Å². The lowest BCUT2D eigenvalue weighted by Crippen LogP contribution is -2.18. The summed E-state index contributed by atoms with van der Waals surface area (Å²) < 4.78 is 38.5. The number of amides is 1. The largest absolute Gasteiger partial charge is 0.490 e. The maximum Gasteiger partial charge on any atom is 0.345 e. The van der Waals surface area contributed by atoms with Crippen LogP contribution in [0.1, 0.15) is 33.2 Å². The van der Waals surface area contributed by atoms with Crippen molar-refractivity contribution in [3.8, 4) is 11.5 Å². The third-order valence-electron chi connectivity index (χ3n) is 5.45. The monoisotopic (exact) mass is 611 g/mol. The second-order valence-corrected chi connectivity index (χ2v) is 10.9. The number of rotatable bonds is 10. The van der Waals surface area contributed by atoms with Crippen molar-refractivity contribution in [3.05, 3.63) is 118 Å². The average molecular weight is 612 g/mol. The minimum Gasteiger partial charge on any atom is -0.490 e. The Balaban J connectivity index is 1.39. The highest BCUT2D eigenvalue weighted by Crippen LogP contribution is 2.30. The van der Waals surface area contributed by atoms with E-state index in [9.17, 15) is 18.0 Å². The van der Waals surface area contributed by atoms with Crippen LogP contribution in [0.3, 0.4) is 0 Å². The van der Waals surface area contributed by atoms with Crippen molar-refractivity contribution >= 4 is 57.0 Å². The number of nitrogens with one attached hydrogen (secondary N) is 2. The molecule has 0 aliphatic heterocycles. The molecule has 0 aromatic heterocycles. The summed E-state index contributed by atoms with van der Waals surface area (Å²) in [6, 6.07) is 23.0. The van der Waals surface area contributed by atoms with Crippen LogP contribution in [0, 0.1) is 0 Å². The van der Waals surface area contributed by atoms with E-state index < -0.39 is 21.9 Å². The van der Waals surface area contributed by atoms with Gasteiger partial charge in [0.25, 0.3) is 15.9 Å². The topological polar surface area (TPSA) is 123 Å². The summed E-state index contributed by atoms with van der Waals surface area (Å²) in [7, 11) is -3.75. The summed E-state index contributed by atoms with van der Waals surface area (Å²) in [5.41, 5.74) is 3.69. The molecule has 0 saturated carbocycles. The van der Waals surface area contributed by atoms with Gasteiger partial charge < -0.3 is 9.47 Å². The molecule has 0 aliphatic carbocycles. The summed E-state index contributed by atoms with van der Waals surface area (Å²) in [6.07, 6.45) is 1.39. The molecule has 12 heteroatoms. The van der Waals surface area contributed by atoms with Crippen molar-refractivity contribution in [2.24, 2.45) is 5.10 Å². The van der Waals surface area contributed by atoms with Crippen LogP contribution in [0.4, 0.5) is 5.69 Å². The minimum atomic E-state index is -3.75. The first kappa shape index (κ1) is 29.6. The van der Waals surface area contributed by atoms with E-state index in [1.54, 1.807) is 37.3 Å². The van der Waals surface area contributed by atoms with Gasteiger partial charge >= 0.3 is 5.97 Å². The number of halogens is 2. The van der Waals surface area contributed by atoms with E-state index in [2.05, 4.69) is 15.2 Å². The molecule has 9 nitrogen and oxygen atoms in total. The molecule has 0 atom stereocenters. The van der Waals surface area contributed by atoms with Crippen LogP contribution < -0.4 is 19.6 Å². The molecule has 4 aromatic rings. The highest BCUT2D eigenvalue weighted by Gasteiger charge is 2.17. The predicted molar refractivity (Wildman–Crippen MR) is 158 cm³/mol. The number of esters is 1. The highest BCUT2D eigenvalue weighted by molar-refractivity contribution is 7.92. The van der Waals surface area contributed by atoms with Crippen LogP contribution in [0.5, 0.6) is 11.5 Å². The quantitative estimate of drug-likeness (QED) is 0.0955. The van der Waals surface area contributed by atoms with Gasteiger partial charge in [-0.3, -0.25) is 9.52 Å². The predicted octanol–water partition coefficient (Wildman–Crippen LogP) is 6.18. The molecular formula is C29H23Cl2N3O6S. The van der Waals surface area contributed by atoms with Crippen LogP contribution >= 0.6 is 23.2 Å². The molecule has 0 radical (unpaired) electrons. The number of hydrogen-bond donors (Lipinski definition) is 2. The fraction of sp³-hybridized carbons (Fsp3) is 0.0690. The average Bonchev–Trinajstić information content (AvgIpc) is 2.95. The first-order valence-corrected chi connectivity index (χ1v) is 14.4. The third kappa shape index (κ3) is 7.85. The smallest absolute Gasteiger partial charge is 0.345 e. The number of nitrogens with zero attached hydrogens (tertiary/aromatic N) is 1. The Morgan fingerprint density at radius 1 is 0.902 bits per heavy atom. The van der Waals surface area contributed by atoms with Gasteiger partial charge in [-0.1, -0.05) is 41.4 Å². The van der Waals surface area contributed by atoms with Gasteiger partial charge in [0.15, 0.2) is 11.5 Å². The molecule has 1 amide bonds. The zero-order chi connectivity index (χ0) is 29.4. The van der Waals surface area contributed by atoms with Gasteiger partial charge in [0.2, 0.25) is 0 Å². The lowest BCUT2D eigenvalue weighted by molar-refractivity contribution is 0.0728. The number of hydrogen-bond acceptors (Lipinski definition) is 7. The number of anilines is 1. The Kier molecular flexibility index (Phi) is 9.61. The van der Waals surface area contributed by atoms with Crippen molar-refractivity contribution in [2.75, 3.05) is 11.3 Å². The third-order valence-corrected chi connectivity index (χ3v) is 7.40. The normalized spacial score (nSPS) is 11.2. The fourth-order valence-electron chi connectivity index (χ4n) is 3.50. The lowest BCUT2D eigenvalue weighted by Gasteiger charge is -2.12. The number of ether oxygens (including phenoxy) is 2. The number of hydrazone groups is 1. The molecule has 210 valence electrons. The van der Waals surface area contributed by atoms with Gasteiger partial charge in [0.05, 0.1) is 28.3 Å². The fourth-order valence-corrected chi connectivity index (χ4v) is 5.07. The number of carbonyl (C=O) groups excluding carboxylic acids is 2. The Labute approximate surface area is 246 Å². The molecule has 0 heterocycles. The van der Waals surface area contributed by atoms with Gasteiger partial charge in [-0.2, -0.15) is 5.10 Å². The van der Waals surface area contributed by atoms with E-state index in [0.717, 1.165) is 0 Å². The van der Waals surface area contributed by atoms with E-state index in [4.69, 9.17) is 32.7 Å². The first-order chi connectivity index (χ1) is 19.7. The maximum atomic E-state index is 12.6. The van der Waals surface area contributed by atoms with E-state index in [0.29, 0.717) is 22.9 Å². The summed E-state index contributed by atoms with van der Waals surface area (Å²) in [5, 5.41) is 4.51. The number of carbonyl (C=O) groups is 2. The zero-order valence-electron chi connectivity index (χ0n) is 21.5. The molecule has 0 spiro atoms. The highest BCUT2D eigenvalue weighted by atomic mass is 35.5. The second-order valence-electron chi connectivity index (χ2n) is 8.35. The molecule has 2 N–H and O–H groups in total. The minimum absolute atomic E-state index is 0.126. The van der Waals surface area contributed by atoms with E-state index in [1.807, 2.05) is 0 Å². The SMILES string of the molecule is CCOc1cc(/C=N\NC(=O)c2ccc(NS(=O)(=O)c3ccccc3)cc2)ccc1OC(=O)c1ccc(Cl)cc1Cl. The van der Waals surface area contributed by atoms with Gasteiger partial charge in [-0.05, 0) is 85.3 Å². The Bertz CT molecular complexity index is 1700. The summed E-state index contributed by atoms with van der Waals surface area (Å²) in [4.78, 5) is 25.3. The van der Waals surface area contributed by atoms with Crippen LogP contribution in [-0.2, 0) is 10.0 Å². The van der Waals surface area contributed by atoms with Crippen molar-refractivity contribution in [3.63, 3.8) is 0 Å². The Hall–Kier alpha value is -4.38. The maximum absolute atomic E-state index is 12.6. The second kappa shape index (κ2) is 13.3. The lowest BCUT2D eigenvalue weighted by atomic mass is 10.2. The molecule has 4 aromatic carbocycles. The van der Waals surface area contributed by atoms with E-state index in [1.165, 1.54) is 66.9 Å². The molecule has 0 bridgehead atoms. The van der Waals surface area contributed by atoms with E-state index >= 15 is 0 Å². The van der Waals surface area contributed by atoms with Crippen molar-refractivity contribution < 1.29 is 27.5 Å². The number of benzene rings is 4. The van der Waals surface area contributed by atoms with Crippen molar-refractivity contribution in [2.45, 2.75) is 11.8 Å². The zero-order valence-corrected chi connectivity index (χ0v) is 23.8. The first-order valence-electron chi connectivity index (χ1n) is 12.1. The Morgan fingerprint density at radius 2 is 1.63 bits per heavy atom. The molecule has 0 saturated heterocycles. The standard InChI is InChI=1S/C29H23Cl2N3O6S/c1-2-39-27-16-19(8-15-26(27)40-29(36)24-14-11-21(30)17-25(24)31)18-32-33-28(35)20-9-12-22(13-10-20)34-41(37,38)23-6-4-3-5-7-23/h3-18,34H,2H2,1H3,(H,33,35)/b32-18-. The van der Waals surface area contributed by atoms with E-state index in [-0.39, 0.29) is 32.5 Å². The van der Waals surface area contributed by atoms with Crippen LogP contribution in [0.15, 0.2) is 101 Å². The van der Waals surface area contributed by atoms with Crippen LogP contribution in [-0.4, -0.2) is 33.1 Å². The molecule has 0 aliphatic rings. The number of sulfonamides is 1. The van der Waals surface area contributed by atoms with Gasteiger partial charge in [-0.15, -0.1) is 0 Å². The Morgan fingerprint density at radius 3 is 2.32 bits per heavy atom. The molecule has 0 unspecified atom stereocenters. The van der Waals surface area contributed by atoms with Crippen molar-refractivity contribution in [1.82, 2.24) is 5.43 Å².